The van der Waals surface area contributed by atoms with Crippen LogP contribution in [0.1, 0.15) is 17.7 Å². The Balaban J connectivity index is 0.000000468. The van der Waals surface area contributed by atoms with E-state index in [4.69, 9.17) is 45.7 Å². The number of sulfonamides is 2. The quantitative estimate of drug-likeness (QED) is 0.201. The van der Waals surface area contributed by atoms with E-state index in [1.165, 1.54) is 29.2 Å². The minimum absolute atomic E-state index is 0.0217. The second kappa shape index (κ2) is 15.6. The second-order valence-electron chi connectivity index (χ2n) is 9.64. The number of nitrogens with one attached hydrogen (secondary N) is 1. The molecule has 0 saturated heterocycles. The highest BCUT2D eigenvalue weighted by Crippen LogP contribution is 2.31. The van der Waals surface area contributed by atoms with Crippen LogP contribution in [-0.2, 0) is 37.9 Å². The molecule has 3 aromatic carbocycles. The molecule has 0 saturated carbocycles. The largest absolute Gasteiger partial charge is 0.396 e. The zero-order valence-electron chi connectivity index (χ0n) is 23.8. The van der Waals surface area contributed by atoms with Crippen LogP contribution in [0.5, 0.6) is 0 Å². The monoisotopic (exact) mass is 710 g/mol. The Morgan fingerprint density at radius 3 is 2.09 bits per heavy atom. The number of nitrogens with zero attached hydrogens (tertiary/aromatic N) is 3. The maximum absolute atomic E-state index is 13.4. The molecule has 0 aliphatic rings. The van der Waals surface area contributed by atoms with Crippen molar-refractivity contribution in [2.45, 2.75) is 35.3 Å². The van der Waals surface area contributed by atoms with Crippen molar-refractivity contribution in [1.29, 1.82) is 5.26 Å². The first kappa shape index (κ1) is 35.9. The van der Waals surface area contributed by atoms with Gasteiger partial charge in [0.15, 0.2) is 0 Å². The number of halogens is 3. The maximum Gasteiger partial charge on any atom is 0.241 e. The molecular weight excluding hydrogens is 683 g/mol. The van der Waals surface area contributed by atoms with E-state index in [0.29, 0.717) is 10.7 Å². The zero-order chi connectivity index (χ0) is 33.4. The van der Waals surface area contributed by atoms with Crippen LogP contribution in [0.15, 0.2) is 94.9 Å². The van der Waals surface area contributed by atoms with Crippen LogP contribution in [0.4, 0.5) is 5.69 Å². The second-order valence-corrected chi connectivity index (χ2v) is 14.2. The first-order valence-corrected chi connectivity index (χ1v) is 17.2. The van der Waals surface area contributed by atoms with E-state index in [1.54, 1.807) is 72.4 Å². The third-order valence-corrected chi connectivity index (χ3v) is 9.60. The van der Waals surface area contributed by atoms with Gasteiger partial charge < -0.3 is 15.2 Å². The van der Waals surface area contributed by atoms with Crippen molar-refractivity contribution < 1.29 is 21.6 Å². The molecule has 0 spiro atoms. The van der Waals surface area contributed by atoms with E-state index in [9.17, 15) is 26.9 Å². The topological polar surface area (TPSA) is 181 Å². The highest BCUT2D eigenvalue weighted by molar-refractivity contribution is 7.89. The molecule has 0 aliphatic carbocycles. The summed E-state index contributed by atoms with van der Waals surface area (Å²) in [4.78, 5) is 14.7. The molecule has 0 bridgehead atoms. The van der Waals surface area contributed by atoms with Crippen LogP contribution in [0.3, 0.4) is 0 Å². The number of benzene rings is 3. The lowest BCUT2D eigenvalue weighted by atomic mass is 10.1. The van der Waals surface area contributed by atoms with E-state index >= 15 is 0 Å². The predicted octanol–water partition coefficient (Wildman–Crippen LogP) is 4.63. The van der Waals surface area contributed by atoms with Crippen molar-refractivity contribution in [2.75, 3.05) is 12.8 Å². The Morgan fingerprint density at radius 1 is 0.956 bits per heavy atom. The number of nitrogens with two attached hydrogens (primary N) is 2. The Kier molecular flexibility index (Phi) is 12.4. The summed E-state index contributed by atoms with van der Waals surface area (Å²) in [6.45, 7) is 0.466. The van der Waals surface area contributed by atoms with Gasteiger partial charge in [0, 0.05) is 31.4 Å². The summed E-state index contributed by atoms with van der Waals surface area (Å²) in [6, 6.07) is 21.5. The van der Waals surface area contributed by atoms with Crippen LogP contribution in [0.25, 0.3) is 0 Å². The summed E-state index contributed by atoms with van der Waals surface area (Å²) in [5.74, 6) is -0.457. The van der Waals surface area contributed by atoms with Gasteiger partial charge in [-0.25, -0.2) is 22.0 Å². The summed E-state index contributed by atoms with van der Waals surface area (Å²) in [6.07, 6.45) is 1.77. The summed E-state index contributed by atoms with van der Waals surface area (Å²) in [5.41, 5.74) is 6.99. The van der Waals surface area contributed by atoms with Crippen molar-refractivity contribution in [3.63, 3.8) is 0 Å². The first-order chi connectivity index (χ1) is 21.1. The summed E-state index contributed by atoms with van der Waals surface area (Å²) in [7, 11) is -6.13. The van der Waals surface area contributed by atoms with E-state index in [1.807, 2.05) is 0 Å². The number of nitrogen functional groups attached to an aromatic ring is 1. The molecule has 1 atom stereocenters. The molecule has 11 nitrogen and oxygen atoms in total. The normalized spacial score (nSPS) is 12.0. The van der Waals surface area contributed by atoms with Crippen LogP contribution in [0, 0.1) is 11.3 Å². The van der Waals surface area contributed by atoms with Gasteiger partial charge in [0.1, 0.15) is 17.8 Å². The number of likely N-dealkylation sites (N-methyl/N-ethyl adjacent to an activating group) is 1. The fraction of sp³-hybridized carbons (Fsp3) is 0.172. The molecule has 1 unspecified atom stereocenters. The molecule has 1 aromatic heterocycles. The smallest absolute Gasteiger partial charge is 0.241 e. The van der Waals surface area contributed by atoms with Gasteiger partial charge in [-0.05, 0) is 60.5 Å². The molecule has 0 aliphatic heterocycles. The summed E-state index contributed by atoms with van der Waals surface area (Å²) in [5, 5.41) is 14.6. The van der Waals surface area contributed by atoms with Gasteiger partial charge in [0.25, 0.3) is 0 Å². The van der Waals surface area contributed by atoms with E-state index in [-0.39, 0.29) is 45.0 Å². The Labute approximate surface area is 277 Å². The number of rotatable bonds is 10. The van der Waals surface area contributed by atoms with Crippen molar-refractivity contribution >= 4 is 66.4 Å². The number of hydrogen-bond donors (Lipinski definition) is 3. The average molecular weight is 712 g/mol. The number of nitriles is 1. The maximum atomic E-state index is 13.4. The van der Waals surface area contributed by atoms with E-state index in [2.05, 4.69) is 10.8 Å². The Bertz CT molecular complexity index is 1870. The molecular formula is C29H29Cl3N6O5S2. The van der Waals surface area contributed by atoms with Crippen molar-refractivity contribution in [1.82, 2.24) is 14.2 Å². The molecule has 45 heavy (non-hydrogen) atoms. The van der Waals surface area contributed by atoms with Crippen LogP contribution in [0.2, 0.25) is 15.1 Å². The Hall–Kier alpha value is -3.61. The number of amides is 1. The standard InChI is InChI=1S/C23H22Cl3N5O3S.C6H7NO2S/c1-30(14-15-4-6-16(24)7-5-15)23(32)21(8-10-31-9-2-3-17(31)13-27)29-35(33,34)18-11-19(25)22(28)20(26)12-18;7-10(8,9)6-4-2-1-3-5-6/h2-7,9,11-12,21,29H,8,10,14,28H2,1H3;1-5H,(H2,7,8,9). The first-order valence-electron chi connectivity index (χ1n) is 13.0. The van der Waals surface area contributed by atoms with E-state index in [0.717, 1.165) is 5.56 Å². The molecule has 4 rings (SSSR count). The molecule has 238 valence electrons. The zero-order valence-corrected chi connectivity index (χ0v) is 27.7. The van der Waals surface area contributed by atoms with Gasteiger partial charge in [0.2, 0.25) is 26.0 Å². The summed E-state index contributed by atoms with van der Waals surface area (Å²) >= 11 is 18.0. The highest BCUT2D eigenvalue weighted by Gasteiger charge is 2.29. The number of primary sulfonamides is 1. The Morgan fingerprint density at radius 2 is 1.56 bits per heavy atom. The predicted molar refractivity (Wildman–Crippen MR) is 174 cm³/mol. The van der Waals surface area contributed by atoms with Gasteiger partial charge in [-0.3, -0.25) is 4.79 Å². The molecule has 16 heteroatoms. The lowest BCUT2D eigenvalue weighted by Gasteiger charge is -2.25. The molecule has 0 fully saturated rings. The number of aromatic nitrogens is 1. The van der Waals surface area contributed by atoms with Gasteiger partial charge in [-0.1, -0.05) is 65.1 Å². The number of aryl methyl sites for hydroxylation is 1. The van der Waals surface area contributed by atoms with Gasteiger partial charge in [-0.2, -0.15) is 9.98 Å². The van der Waals surface area contributed by atoms with Crippen molar-refractivity contribution in [3.05, 3.63) is 111 Å². The van der Waals surface area contributed by atoms with Crippen molar-refractivity contribution in [3.8, 4) is 6.07 Å². The van der Waals surface area contributed by atoms with Crippen LogP contribution < -0.4 is 15.6 Å². The lowest BCUT2D eigenvalue weighted by Crippen LogP contribution is -2.47. The molecule has 1 amide bonds. The van der Waals surface area contributed by atoms with Gasteiger partial charge in [-0.15, -0.1) is 0 Å². The molecule has 5 N–H and O–H groups in total. The SMILES string of the molecule is CN(Cc1ccc(Cl)cc1)C(=O)C(CCn1cccc1C#N)NS(=O)(=O)c1cc(Cl)c(N)c(Cl)c1.NS(=O)(=O)c1ccccc1. The minimum atomic E-state index is -4.20. The molecule has 1 heterocycles. The van der Waals surface area contributed by atoms with Gasteiger partial charge in [0.05, 0.1) is 25.5 Å². The number of anilines is 1. The summed E-state index contributed by atoms with van der Waals surface area (Å²) < 4.78 is 51.6. The fourth-order valence-electron chi connectivity index (χ4n) is 4.00. The number of carbonyl (C=O) groups excluding carboxylic acids is 1. The molecule has 4 aromatic rings. The van der Waals surface area contributed by atoms with E-state index < -0.39 is 32.0 Å². The third kappa shape index (κ3) is 10.2. The number of carbonyl (C=O) groups is 1. The lowest BCUT2D eigenvalue weighted by molar-refractivity contribution is -0.132. The minimum Gasteiger partial charge on any atom is -0.396 e. The highest BCUT2D eigenvalue weighted by atomic mass is 35.5. The van der Waals surface area contributed by atoms with Crippen LogP contribution in [-0.4, -0.2) is 45.3 Å². The fourth-order valence-corrected chi connectivity index (χ4v) is 6.56. The average Bonchev–Trinajstić information content (AvgIpc) is 3.46. The molecule has 0 radical (unpaired) electrons. The third-order valence-electron chi connectivity index (χ3n) is 6.34. The van der Waals surface area contributed by atoms with Crippen molar-refractivity contribution in [2.24, 2.45) is 5.14 Å². The van der Waals surface area contributed by atoms with Gasteiger partial charge >= 0.3 is 0 Å². The number of hydrogen-bond acceptors (Lipinski definition) is 7. The van der Waals surface area contributed by atoms with Crippen LogP contribution >= 0.6 is 34.8 Å².